The van der Waals surface area contributed by atoms with Crippen molar-refractivity contribution in [1.82, 2.24) is 0 Å². The van der Waals surface area contributed by atoms with Gasteiger partial charge in [0.2, 0.25) is 0 Å². The lowest BCUT2D eigenvalue weighted by molar-refractivity contribution is -0.120. The van der Waals surface area contributed by atoms with Crippen molar-refractivity contribution in [3.05, 3.63) is 59.9 Å². The zero-order chi connectivity index (χ0) is 14.8. The van der Waals surface area contributed by atoms with E-state index in [1.54, 1.807) is 17.0 Å². The Morgan fingerprint density at radius 3 is 2.90 bits per heavy atom. The molecule has 108 valence electrons. The summed E-state index contributed by atoms with van der Waals surface area (Å²) in [6.07, 6.45) is 0. The van der Waals surface area contributed by atoms with Crippen molar-refractivity contribution in [1.29, 1.82) is 0 Å². The van der Waals surface area contributed by atoms with Crippen LogP contribution in [-0.4, -0.2) is 19.1 Å². The molecule has 1 heterocycles. The molecule has 0 spiro atoms. The number of carbonyl (C=O) groups excluding carboxylic acids is 1. The summed E-state index contributed by atoms with van der Waals surface area (Å²) < 4.78 is 18.4. The van der Waals surface area contributed by atoms with Gasteiger partial charge in [-0.05, 0) is 23.8 Å². The van der Waals surface area contributed by atoms with Crippen molar-refractivity contribution < 1.29 is 13.9 Å². The van der Waals surface area contributed by atoms with Crippen LogP contribution in [0.5, 0.6) is 5.75 Å². The molecule has 21 heavy (non-hydrogen) atoms. The molecule has 3 rings (SSSR count). The molecule has 1 amide bonds. The van der Waals surface area contributed by atoms with Gasteiger partial charge in [-0.1, -0.05) is 31.2 Å². The van der Waals surface area contributed by atoms with Gasteiger partial charge in [0.25, 0.3) is 5.91 Å². The van der Waals surface area contributed by atoms with Crippen molar-refractivity contribution >= 4 is 11.6 Å². The van der Waals surface area contributed by atoms with Gasteiger partial charge in [0, 0.05) is 24.2 Å². The first-order chi connectivity index (χ1) is 10.1. The van der Waals surface area contributed by atoms with E-state index in [4.69, 9.17) is 4.74 Å². The normalized spacial score (nSPS) is 16.7. The molecule has 1 aliphatic rings. The number of nitrogens with zero attached hydrogens (tertiary/aromatic N) is 1. The van der Waals surface area contributed by atoms with E-state index in [0.717, 1.165) is 5.69 Å². The molecule has 0 N–H and O–H groups in total. The Morgan fingerprint density at radius 1 is 1.29 bits per heavy atom. The van der Waals surface area contributed by atoms with Crippen LogP contribution in [0.2, 0.25) is 0 Å². The number of hydrogen-bond acceptors (Lipinski definition) is 2. The number of carbonyl (C=O) groups is 1. The fourth-order valence-corrected chi connectivity index (χ4v) is 2.64. The van der Waals surface area contributed by atoms with Gasteiger partial charge in [0.15, 0.2) is 6.61 Å². The minimum absolute atomic E-state index is 0.0928. The van der Waals surface area contributed by atoms with E-state index in [2.05, 4.69) is 6.92 Å². The maximum Gasteiger partial charge on any atom is 0.264 e. The average molecular weight is 285 g/mol. The molecule has 0 aliphatic carbocycles. The van der Waals surface area contributed by atoms with Crippen LogP contribution in [0, 0.1) is 5.82 Å². The Kier molecular flexibility index (Phi) is 3.60. The molecule has 3 nitrogen and oxygen atoms in total. The van der Waals surface area contributed by atoms with Gasteiger partial charge in [-0.2, -0.15) is 0 Å². The van der Waals surface area contributed by atoms with Gasteiger partial charge in [0.1, 0.15) is 11.6 Å². The van der Waals surface area contributed by atoms with E-state index in [-0.39, 0.29) is 18.3 Å². The molecule has 1 atom stereocenters. The van der Waals surface area contributed by atoms with Gasteiger partial charge in [0.05, 0.1) is 0 Å². The van der Waals surface area contributed by atoms with Gasteiger partial charge in [-0.15, -0.1) is 0 Å². The minimum Gasteiger partial charge on any atom is -0.484 e. The SMILES string of the molecule is CC1CN(C(=O)COc2cccc(F)c2)c2ccccc21. The molecule has 0 fully saturated rings. The average Bonchev–Trinajstić information content (AvgIpc) is 2.83. The standard InChI is InChI=1S/C17H16FNO2/c1-12-10-19(16-8-3-2-7-15(12)16)17(20)11-21-14-6-4-5-13(18)9-14/h2-9,12H,10-11H2,1H3. The van der Waals surface area contributed by atoms with Gasteiger partial charge in [-0.25, -0.2) is 4.39 Å². The summed E-state index contributed by atoms with van der Waals surface area (Å²) >= 11 is 0. The predicted molar refractivity (Wildman–Crippen MR) is 79.1 cm³/mol. The number of ether oxygens (including phenoxy) is 1. The first kappa shape index (κ1) is 13.6. The van der Waals surface area contributed by atoms with E-state index in [9.17, 15) is 9.18 Å². The molecule has 0 bridgehead atoms. The van der Waals surface area contributed by atoms with E-state index in [1.165, 1.54) is 17.7 Å². The Hall–Kier alpha value is -2.36. The third-order valence-corrected chi connectivity index (χ3v) is 3.67. The van der Waals surface area contributed by atoms with Crippen LogP contribution in [0.4, 0.5) is 10.1 Å². The number of hydrogen-bond donors (Lipinski definition) is 0. The second-order valence-corrected chi connectivity index (χ2v) is 5.21. The lowest BCUT2D eigenvalue weighted by Gasteiger charge is -2.17. The highest BCUT2D eigenvalue weighted by atomic mass is 19.1. The molecule has 0 radical (unpaired) electrons. The summed E-state index contributed by atoms with van der Waals surface area (Å²) in [7, 11) is 0. The molecule has 0 aromatic heterocycles. The zero-order valence-electron chi connectivity index (χ0n) is 11.8. The molecule has 4 heteroatoms. The lowest BCUT2D eigenvalue weighted by atomic mass is 10.0. The van der Waals surface area contributed by atoms with E-state index < -0.39 is 0 Å². The highest BCUT2D eigenvalue weighted by molar-refractivity contribution is 5.96. The molecular weight excluding hydrogens is 269 g/mol. The van der Waals surface area contributed by atoms with Crippen LogP contribution < -0.4 is 9.64 Å². The number of para-hydroxylation sites is 1. The molecule has 0 saturated heterocycles. The van der Waals surface area contributed by atoms with Crippen LogP contribution in [0.15, 0.2) is 48.5 Å². The second-order valence-electron chi connectivity index (χ2n) is 5.21. The number of anilines is 1. The van der Waals surface area contributed by atoms with Gasteiger partial charge >= 0.3 is 0 Å². The topological polar surface area (TPSA) is 29.5 Å². The summed E-state index contributed by atoms with van der Waals surface area (Å²) in [5.74, 6) is 0.194. The molecule has 1 unspecified atom stereocenters. The fraction of sp³-hybridized carbons (Fsp3) is 0.235. The second kappa shape index (κ2) is 5.56. The van der Waals surface area contributed by atoms with Crippen molar-refractivity contribution in [3.63, 3.8) is 0 Å². The van der Waals surface area contributed by atoms with Crippen LogP contribution in [-0.2, 0) is 4.79 Å². The smallest absolute Gasteiger partial charge is 0.264 e. The summed E-state index contributed by atoms with van der Waals surface area (Å²) in [5.41, 5.74) is 2.12. The Bertz CT molecular complexity index is 671. The van der Waals surface area contributed by atoms with E-state index in [0.29, 0.717) is 18.2 Å². The van der Waals surface area contributed by atoms with Crippen molar-refractivity contribution in [2.45, 2.75) is 12.8 Å². The summed E-state index contributed by atoms with van der Waals surface area (Å²) in [6, 6.07) is 13.7. The van der Waals surface area contributed by atoms with Crippen molar-refractivity contribution in [3.8, 4) is 5.75 Å². The summed E-state index contributed by atoms with van der Waals surface area (Å²) in [6.45, 7) is 2.66. The molecule has 2 aromatic rings. The van der Waals surface area contributed by atoms with Gasteiger partial charge < -0.3 is 9.64 Å². The van der Waals surface area contributed by atoms with Crippen LogP contribution in [0.3, 0.4) is 0 Å². The Balaban J connectivity index is 1.70. The van der Waals surface area contributed by atoms with Crippen molar-refractivity contribution in [2.24, 2.45) is 0 Å². The largest absolute Gasteiger partial charge is 0.484 e. The minimum atomic E-state index is -0.375. The van der Waals surface area contributed by atoms with Crippen LogP contribution in [0.1, 0.15) is 18.4 Å². The highest BCUT2D eigenvalue weighted by Crippen LogP contribution is 2.35. The number of halogens is 1. The lowest BCUT2D eigenvalue weighted by Crippen LogP contribution is -2.33. The third kappa shape index (κ3) is 2.75. The Labute approximate surface area is 123 Å². The number of benzene rings is 2. The number of rotatable bonds is 3. The van der Waals surface area contributed by atoms with E-state index >= 15 is 0 Å². The third-order valence-electron chi connectivity index (χ3n) is 3.67. The molecule has 1 aliphatic heterocycles. The summed E-state index contributed by atoms with van der Waals surface area (Å²) in [5, 5.41) is 0. The Morgan fingerprint density at radius 2 is 2.10 bits per heavy atom. The quantitative estimate of drug-likeness (QED) is 0.865. The first-order valence-electron chi connectivity index (χ1n) is 6.93. The first-order valence-corrected chi connectivity index (χ1v) is 6.93. The molecule has 2 aromatic carbocycles. The predicted octanol–water partition coefficient (Wildman–Crippen LogP) is 3.35. The van der Waals surface area contributed by atoms with Crippen LogP contribution in [0.25, 0.3) is 0 Å². The zero-order valence-corrected chi connectivity index (χ0v) is 11.8. The van der Waals surface area contributed by atoms with Gasteiger partial charge in [-0.3, -0.25) is 4.79 Å². The number of amides is 1. The van der Waals surface area contributed by atoms with Crippen molar-refractivity contribution in [2.75, 3.05) is 18.1 Å². The maximum atomic E-state index is 13.1. The number of fused-ring (bicyclic) bond motifs is 1. The molecular formula is C17H16FNO2. The monoisotopic (exact) mass is 285 g/mol. The van der Waals surface area contributed by atoms with Crippen LogP contribution >= 0.6 is 0 Å². The summed E-state index contributed by atoms with van der Waals surface area (Å²) in [4.78, 5) is 14.1. The fourth-order valence-electron chi connectivity index (χ4n) is 2.64. The van der Waals surface area contributed by atoms with E-state index in [1.807, 2.05) is 24.3 Å². The highest BCUT2D eigenvalue weighted by Gasteiger charge is 2.29. The molecule has 0 saturated carbocycles. The maximum absolute atomic E-state index is 13.1.